The average molecular weight is 218 g/mol. The summed E-state index contributed by atoms with van der Waals surface area (Å²) in [7, 11) is 4.26. The maximum Gasteiger partial charge on any atom is 0.0109 e. The Morgan fingerprint density at radius 3 is 2.14 bits per heavy atom. The van der Waals surface area contributed by atoms with Gasteiger partial charge in [-0.3, -0.25) is 0 Å². The number of likely N-dealkylation sites (N-methyl/N-ethyl adjacent to an activating group) is 1. The van der Waals surface area contributed by atoms with E-state index in [9.17, 15) is 0 Å². The van der Waals surface area contributed by atoms with Crippen LogP contribution in [0, 0.1) is 5.92 Å². The van der Waals surface area contributed by atoms with Crippen LogP contribution >= 0.6 is 12.6 Å². The summed E-state index contributed by atoms with van der Waals surface area (Å²) in [5, 5.41) is 0. The van der Waals surface area contributed by atoms with E-state index in [4.69, 9.17) is 0 Å². The van der Waals surface area contributed by atoms with Crippen LogP contribution in [-0.2, 0) is 0 Å². The first kappa shape index (κ1) is 14.3. The fourth-order valence-corrected chi connectivity index (χ4v) is 1.59. The quantitative estimate of drug-likeness (QED) is 0.621. The lowest BCUT2D eigenvalue weighted by atomic mass is 10.2. The summed E-state index contributed by atoms with van der Waals surface area (Å²) in [5.74, 6) is 1.76. The fraction of sp³-hybridized carbons (Fsp3) is 1.00. The zero-order valence-corrected chi connectivity index (χ0v) is 11.1. The molecule has 0 aliphatic carbocycles. The van der Waals surface area contributed by atoms with Gasteiger partial charge in [0.1, 0.15) is 0 Å². The summed E-state index contributed by atoms with van der Waals surface area (Å²) in [6, 6.07) is 0. The Bertz CT molecular complexity index is 126. The zero-order chi connectivity index (χ0) is 11.0. The molecule has 0 aromatic heterocycles. The van der Waals surface area contributed by atoms with E-state index in [1.54, 1.807) is 0 Å². The van der Waals surface area contributed by atoms with Crippen molar-refractivity contribution in [2.45, 2.75) is 20.3 Å². The lowest BCUT2D eigenvalue weighted by molar-refractivity contribution is 0.220. The summed E-state index contributed by atoms with van der Waals surface area (Å²) < 4.78 is 0. The average Bonchev–Trinajstić information content (AvgIpc) is 2.09. The van der Waals surface area contributed by atoms with E-state index in [0.29, 0.717) is 0 Å². The molecule has 0 bridgehead atoms. The highest BCUT2D eigenvalue weighted by Crippen LogP contribution is 2.00. The van der Waals surface area contributed by atoms with Gasteiger partial charge in [0.25, 0.3) is 0 Å². The van der Waals surface area contributed by atoms with Crippen molar-refractivity contribution in [3.05, 3.63) is 0 Å². The lowest BCUT2D eigenvalue weighted by Gasteiger charge is -2.25. The SMILES string of the molecule is CC(C)CN(CCCS)CCN(C)C. The molecule has 0 radical (unpaired) electrons. The molecule has 0 saturated carbocycles. The minimum atomic E-state index is 0.761. The Balaban J connectivity index is 3.72. The number of nitrogens with zero attached hydrogens (tertiary/aromatic N) is 2. The van der Waals surface area contributed by atoms with Crippen LogP contribution in [0.1, 0.15) is 20.3 Å². The molecule has 0 unspecified atom stereocenters. The van der Waals surface area contributed by atoms with Crippen LogP contribution in [0.4, 0.5) is 0 Å². The molecule has 0 rings (SSSR count). The predicted molar refractivity (Wildman–Crippen MR) is 68.3 cm³/mol. The Morgan fingerprint density at radius 1 is 1.07 bits per heavy atom. The van der Waals surface area contributed by atoms with E-state index < -0.39 is 0 Å². The minimum Gasteiger partial charge on any atom is -0.308 e. The molecule has 3 heteroatoms. The third-order valence-corrected chi connectivity index (χ3v) is 2.44. The molecule has 0 spiro atoms. The topological polar surface area (TPSA) is 6.48 Å². The molecular formula is C11H26N2S. The monoisotopic (exact) mass is 218 g/mol. The summed E-state index contributed by atoms with van der Waals surface area (Å²) in [6.45, 7) is 9.29. The Kier molecular flexibility index (Phi) is 8.73. The predicted octanol–water partition coefficient (Wildman–Crippen LogP) is 1.83. The highest BCUT2D eigenvalue weighted by molar-refractivity contribution is 7.80. The maximum atomic E-state index is 4.26. The van der Waals surface area contributed by atoms with Crippen molar-refractivity contribution in [2.24, 2.45) is 5.92 Å². The molecule has 86 valence electrons. The molecule has 14 heavy (non-hydrogen) atoms. The molecule has 0 saturated heterocycles. The van der Waals surface area contributed by atoms with Crippen LogP contribution < -0.4 is 0 Å². The van der Waals surface area contributed by atoms with Crippen LogP contribution in [-0.4, -0.2) is 55.8 Å². The fourth-order valence-electron chi connectivity index (χ4n) is 1.45. The van der Waals surface area contributed by atoms with Crippen molar-refractivity contribution in [3.63, 3.8) is 0 Å². The molecule has 0 aliphatic rings. The normalized spacial score (nSPS) is 12.0. The van der Waals surface area contributed by atoms with E-state index in [0.717, 1.165) is 18.2 Å². The standard InChI is InChI=1S/C11H26N2S/c1-11(2)10-13(6-5-9-14)8-7-12(3)4/h11,14H,5-10H2,1-4H3. The van der Waals surface area contributed by atoms with Gasteiger partial charge in [-0.2, -0.15) is 12.6 Å². The number of rotatable bonds is 8. The van der Waals surface area contributed by atoms with Gasteiger partial charge in [-0.15, -0.1) is 0 Å². The third-order valence-electron chi connectivity index (χ3n) is 2.12. The van der Waals surface area contributed by atoms with Crippen molar-refractivity contribution in [1.82, 2.24) is 9.80 Å². The maximum absolute atomic E-state index is 4.26. The molecule has 0 N–H and O–H groups in total. The van der Waals surface area contributed by atoms with Gasteiger partial charge in [0.15, 0.2) is 0 Å². The molecule has 0 atom stereocenters. The number of thiol groups is 1. The molecule has 0 aliphatic heterocycles. The molecule has 0 amide bonds. The van der Waals surface area contributed by atoms with Gasteiger partial charge in [-0.1, -0.05) is 13.8 Å². The molecule has 0 aromatic carbocycles. The summed E-state index contributed by atoms with van der Waals surface area (Å²) in [6.07, 6.45) is 1.20. The zero-order valence-electron chi connectivity index (χ0n) is 10.2. The van der Waals surface area contributed by atoms with E-state index >= 15 is 0 Å². The van der Waals surface area contributed by atoms with Gasteiger partial charge in [-0.05, 0) is 38.7 Å². The Morgan fingerprint density at radius 2 is 1.71 bits per heavy atom. The smallest absolute Gasteiger partial charge is 0.0109 e. The third kappa shape index (κ3) is 8.85. The van der Waals surface area contributed by atoms with Gasteiger partial charge >= 0.3 is 0 Å². The molecule has 0 heterocycles. The molecule has 2 nitrogen and oxygen atoms in total. The summed E-state index contributed by atoms with van der Waals surface area (Å²) in [5.41, 5.74) is 0. The molecule has 0 fully saturated rings. The second-order valence-electron chi connectivity index (χ2n) is 4.57. The van der Waals surface area contributed by atoms with Crippen LogP contribution in [0.3, 0.4) is 0 Å². The van der Waals surface area contributed by atoms with Crippen LogP contribution in [0.25, 0.3) is 0 Å². The van der Waals surface area contributed by atoms with Gasteiger partial charge in [0.05, 0.1) is 0 Å². The first-order valence-corrected chi connectivity index (χ1v) is 6.17. The van der Waals surface area contributed by atoms with Crippen molar-refractivity contribution >= 4 is 12.6 Å². The first-order chi connectivity index (χ1) is 6.56. The van der Waals surface area contributed by atoms with Crippen LogP contribution in [0.15, 0.2) is 0 Å². The highest BCUT2D eigenvalue weighted by atomic mass is 32.1. The summed E-state index contributed by atoms with van der Waals surface area (Å²) in [4.78, 5) is 4.79. The number of hydrogen-bond acceptors (Lipinski definition) is 3. The van der Waals surface area contributed by atoms with Crippen molar-refractivity contribution < 1.29 is 0 Å². The minimum absolute atomic E-state index is 0.761. The largest absolute Gasteiger partial charge is 0.308 e. The van der Waals surface area contributed by atoms with E-state index in [-0.39, 0.29) is 0 Å². The van der Waals surface area contributed by atoms with Gasteiger partial charge in [-0.25, -0.2) is 0 Å². The molecule has 0 aromatic rings. The Labute approximate surface area is 95.1 Å². The van der Waals surface area contributed by atoms with E-state index in [1.165, 1.54) is 26.1 Å². The highest BCUT2D eigenvalue weighted by Gasteiger charge is 2.06. The molecular weight excluding hydrogens is 192 g/mol. The second-order valence-corrected chi connectivity index (χ2v) is 5.02. The van der Waals surface area contributed by atoms with Crippen molar-refractivity contribution in [3.8, 4) is 0 Å². The van der Waals surface area contributed by atoms with Crippen molar-refractivity contribution in [2.75, 3.05) is 46.0 Å². The lowest BCUT2D eigenvalue weighted by Crippen LogP contribution is -2.35. The second kappa shape index (κ2) is 8.57. The van der Waals surface area contributed by atoms with Gasteiger partial charge in [0.2, 0.25) is 0 Å². The Hall–Kier alpha value is 0.270. The van der Waals surface area contributed by atoms with E-state index in [1.807, 2.05) is 0 Å². The summed E-state index contributed by atoms with van der Waals surface area (Å²) >= 11 is 4.26. The van der Waals surface area contributed by atoms with Crippen LogP contribution in [0.5, 0.6) is 0 Å². The van der Waals surface area contributed by atoms with Crippen molar-refractivity contribution in [1.29, 1.82) is 0 Å². The van der Waals surface area contributed by atoms with E-state index in [2.05, 4.69) is 50.4 Å². The first-order valence-electron chi connectivity index (χ1n) is 5.54. The van der Waals surface area contributed by atoms with Gasteiger partial charge in [0, 0.05) is 19.6 Å². The van der Waals surface area contributed by atoms with Crippen LogP contribution in [0.2, 0.25) is 0 Å². The van der Waals surface area contributed by atoms with Gasteiger partial charge < -0.3 is 9.80 Å². The number of hydrogen-bond donors (Lipinski definition) is 1.